The van der Waals surface area contributed by atoms with Gasteiger partial charge in [0, 0.05) is 32.1 Å². The van der Waals surface area contributed by atoms with Crippen LogP contribution in [0.15, 0.2) is 36.9 Å². The quantitative estimate of drug-likeness (QED) is 0.779. The van der Waals surface area contributed by atoms with Gasteiger partial charge in [0.1, 0.15) is 0 Å². The van der Waals surface area contributed by atoms with Crippen molar-refractivity contribution in [1.29, 1.82) is 0 Å². The predicted molar refractivity (Wildman–Crippen MR) is 94.7 cm³/mol. The highest BCUT2D eigenvalue weighted by Crippen LogP contribution is 2.30. The van der Waals surface area contributed by atoms with Crippen molar-refractivity contribution in [3.63, 3.8) is 0 Å². The molecule has 0 aliphatic heterocycles. The van der Waals surface area contributed by atoms with E-state index in [1.165, 1.54) is 37.8 Å². The van der Waals surface area contributed by atoms with E-state index in [0.29, 0.717) is 12.6 Å². The van der Waals surface area contributed by atoms with E-state index in [0.717, 1.165) is 12.2 Å². The highest BCUT2D eigenvalue weighted by atomic mass is 16.5. The van der Waals surface area contributed by atoms with Gasteiger partial charge in [-0.2, -0.15) is 0 Å². The van der Waals surface area contributed by atoms with E-state index in [-0.39, 0.29) is 6.04 Å². The largest absolute Gasteiger partial charge is 0.383 e. The summed E-state index contributed by atoms with van der Waals surface area (Å²) in [7, 11) is 3.88. The second-order valence-electron chi connectivity index (χ2n) is 6.72. The molecule has 24 heavy (non-hydrogen) atoms. The number of hydrogen-bond donors (Lipinski definition) is 0. The lowest BCUT2D eigenvalue weighted by molar-refractivity contribution is 0.0980. The van der Waals surface area contributed by atoms with Crippen LogP contribution < -0.4 is 0 Å². The van der Waals surface area contributed by atoms with Gasteiger partial charge in [0.2, 0.25) is 0 Å². The number of nitrogens with zero attached hydrogens (tertiary/aromatic N) is 4. The normalized spacial score (nSPS) is 17.3. The summed E-state index contributed by atoms with van der Waals surface area (Å²) < 4.78 is 7.83. The first-order valence-corrected chi connectivity index (χ1v) is 8.90. The minimum atomic E-state index is 0.144. The van der Waals surface area contributed by atoms with Crippen LogP contribution >= 0.6 is 0 Å². The van der Waals surface area contributed by atoms with Gasteiger partial charge in [-0.05, 0) is 32.0 Å². The fraction of sp³-hybridized carbons (Fsp3) is 0.579. The molecule has 0 spiro atoms. The van der Waals surface area contributed by atoms with Gasteiger partial charge in [-0.15, -0.1) is 0 Å². The van der Waals surface area contributed by atoms with Crippen LogP contribution in [0.3, 0.4) is 0 Å². The molecule has 1 aliphatic carbocycles. The highest BCUT2D eigenvalue weighted by molar-refractivity contribution is 5.10. The maximum absolute atomic E-state index is 5.44. The molecule has 5 heteroatoms. The van der Waals surface area contributed by atoms with Crippen molar-refractivity contribution in [3.05, 3.63) is 48.3 Å². The van der Waals surface area contributed by atoms with E-state index >= 15 is 0 Å². The lowest BCUT2D eigenvalue weighted by Gasteiger charge is -2.29. The zero-order valence-corrected chi connectivity index (χ0v) is 14.8. The van der Waals surface area contributed by atoms with Crippen molar-refractivity contribution in [3.8, 4) is 0 Å². The van der Waals surface area contributed by atoms with Crippen LogP contribution in [0, 0.1) is 0 Å². The zero-order valence-electron chi connectivity index (χ0n) is 14.8. The molecule has 1 saturated carbocycles. The van der Waals surface area contributed by atoms with Crippen LogP contribution in [0.4, 0.5) is 0 Å². The Hall–Kier alpha value is -1.72. The van der Waals surface area contributed by atoms with Gasteiger partial charge in [-0.3, -0.25) is 9.88 Å². The van der Waals surface area contributed by atoms with Crippen LogP contribution in [0.25, 0.3) is 0 Å². The Morgan fingerprint density at radius 2 is 2.12 bits per heavy atom. The molecule has 1 fully saturated rings. The van der Waals surface area contributed by atoms with Crippen molar-refractivity contribution >= 4 is 0 Å². The number of aromatic nitrogens is 3. The van der Waals surface area contributed by atoms with Gasteiger partial charge in [0.25, 0.3) is 0 Å². The minimum Gasteiger partial charge on any atom is -0.383 e. The molecule has 5 nitrogen and oxygen atoms in total. The molecule has 2 heterocycles. The molecule has 3 rings (SSSR count). The molecular formula is C19H28N4O. The maximum atomic E-state index is 5.44. The summed E-state index contributed by atoms with van der Waals surface area (Å²) in [6, 6.07) is 6.81. The average molecular weight is 328 g/mol. The predicted octanol–water partition coefficient (Wildman–Crippen LogP) is 3.60. The van der Waals surface area contributed by atoms with E-state index in [1.807, 2.05) is 30.9 Å². The third kappa shape index (κ3) is 4.02. The summed E-state index contributed by atoms with van der Waals surface area (Å²) >= 11 is 0. The number of methoxy groups -OCH3 is 1. The molecule has 1 aliphatic rings. The van der Waals surface area contributed by atoms with Crippen molar-refractivity contribution in [2.24, 2.45) is 0 Å². The summed E-state index contributed by atoms with van der Waals surface area (Å²) in [5.41, 5.74) is 2.33. The Balaban J connectivity index is 1.73. The summed E-state index contributed by atoms with van der Waals surface area (Å²) in [5, 5.41) is 0. The van der Waals surface area contributed by atoms with Gasteiger partial charge in [0.15, 0.2) is 0 Å². The molecular weight excluding hydrogens is 300 g/mol. The molecule has 2 aromatic heterocycles. The van der Waals surface area contributed by atoms with Gasteiger partial charge in [0.05, 0.1) is 30.4 Å². The molecule has 2 aromatic rings. The Morgan fingerprint density at radius 1 is 1.29 bits per heavy atom. The van der Waals surface area contributed by atoms with Gasteiger partial charge in [-0.25, -0.2) is 4.98 Å². The number of ether oxygens (including phenoxy) is 1. The smallest absolute Gasteiger partial charge is 0.0951 e. The van der Waals surface area contributed by atoms with E-state index in [2.05, 4.69) is 32.5 Å². The van der Waals surface area contributed by atoms with E-state index in [1.54, 1.807) is 7.11 Å². The Bertz CT molecular complexity index is 607. The van der Waals surface area contributed by atoms with Gasteiger partial charge >= 0.3 is 0 Å². The standard InChI is InChI=1S/C19H28N4O/c1-22(19(14-24-2)18-10-6-7-11-21-18)13-17-12-20-15-23(17)16-8-4-3-5-9-16/h6-7,10-12,15-16,19H,3-5,8-9,13-14H2,1-2H3/t19-/m1/s1. The topological polar surface area (TPSA) is 43.2 Å². The maximum Gasteiger partial charge on any atom is 0.0951 e. The van der Waals surface area contributed by atoms with Crippen molar-refractivity contribution in [1.82, 2.24) is 19.4 Å². The lowest BCUT2D eigenvalue weighted by atomic mass is 9.95. The van der Waals surface area contributed by atoms with Crippen LogP contribution in [0.1, 0.15) is 55.6 Å². The van der Waals surface area contributed by atoms with Crippen molar-refractivity contribution in [2.45, 2.75) is 50.7 Å². The van der Waals surface area contributed by atoms with Crippen molar-refractivity contribution in [2.75, 3.05) is 20.8 Å². The first-order valence-electron chi connectivity index (χ1n) is 8.90. The van der Waals surface area contributed by atoms with Gasteiger partial charge < -0.3 is 9.30 Å². The average Bonchev–Trinajstić information content (AvgIpc) is 3.09. The molecule has 0 saturated heterocycles. The first-order chi connectivity index (χ1) is 11.8. The first kappa shape index (κ1) is 17.1. The van der Waals surface area contributed by atoms with E-state index < -0.39 is 0 Å². The minimum absolute atomic E-state index is 0.144. The van der Waals surface area contributed by atoms with Crippen LogP contribution in [0.2, 0.25) is 0 Å². The molecule has 0 aromatic carbocycles. The highest BCUT2D eigenvalue weighted by Gasteiger charge is 2.22. The summed E-state index contributed by atoms with van der Waals surface area (Å²) in [6.07, 6.45) is 12.4. The van der Waals surface area contributed by atoms with E-state index in [9.17, 15) is 0 Å². The Morgan fingerprint density at radius 3 is 2.83 bits per heavy atom. The number of imidazole rings is 1. The zero-order chi connectivity index (χ0) is 16.8. The molecule has 0 bridgehead atoms. The molecule has 130 valence electrons. The van der Waals surface area contributed by atoms with Gasteiger partial charge in [-0.1, -0.05) is 25.3 Å². The Kier molecular flexibility index (Phi) is 5.99. The lowest BCUT2D eigenvalue weighted by Crippen LogP contribution is -2.29. The van der Waals surface area contributed by atoms with E-state index in [4.69, 9.17) is 4.74 Å². The molecule has 0 amide bonds. The summed E-state index contributed by atoms with van der Waals surface area (Å²) in [6.45, 7) is 1.48. The molecule has 0 N–H and O–H groups in total. The number of likely N-dealkylation sites (N-methyl/N-ethyl adjacent to an activating group) is 1. The summed E-state index contributed by atoms with van der Waals surface area (Å²) in [5.74, 6) is 0. The fourth-order valence-electron chi connectivity index (χ4n) is 3.68. The van der Waals surface area contributed by atoms with Crippen LogP contribution in [0.5, 0.6) is 0 Å². The van der Waals surface area contributed by atoms with Crippen LogP contribution in [-0.2, 0) is 11.3 Å². The molecule has 0 radical (unpaired) electrons. The molecule has 0 unspecified atom stereocenters. The fourth-order valence-corrected chi connectivity index (χ4v) is 3.68. The molecule has 1 atom stereocenters. The number of rotatable bonds is 7. The monoisotopic (exact) mass is 328 g/mol. The van der Waals surface area contributed by atoms with Crippen molar-refractivity contribution < 1.29 is 4.74 Å². The Labute approximate surface area is 144 Å². The second-order valence-corrected chi connectivity index (χ2v) is 6.72. The summed E-state index contributed by atoms with van der Waals surface area (Å²) in [4.78, 5) is 11.2. The third-order valence-corrected chi connectivity index (χ3v) is 5.01. The SMILES string of the molecule is COC[C@H](c1ccccn1)N(C)Cc1cncn1C1CCCCC1. The second kappa shape index (κ2) is 8.40. The third-order valence-electron chi connectivity index (χ3n) is 5.01. The number of hydrogen-bond acceptors (Lipinski definition) is 4. The van der Waals surface area contributed by atoms with Crippen LogP contribution in [-0.4, -0.2) is 40.2 Å². The number of pyridine rings is 1.